The number of carbonyl (C=O) groups is 2. The zero-order valence-corrected chi connectivity index (χ0v) is 12.1. The van der Waals surface area contributed by atoms with Gasteiger partial charge in [0, 0.05) is 31.5 Å². The number of likely N-dealkylation sites (tertiary alicyclic amines) is 1. The molecule has 0 spiro atoms. The molecule has 0 saturated carbocycles. The molecule has 1 fully saturated rings. The molecule has 20 heavy (non-hydrogen) atoms. The van der Waals surface area contributed by atoms with Crippen LogP contribution in [0.25, 0.3) is 0 Å². The first-order valence-corrected chi connectivity index (χ1v) is 7.17. The number of carbonyl (C=O) groups excluding carboxylic acids is 2. The second-order valence-electron chi connectivity index (χ2n) is 5.24. The maximum Gasteiger partial charge on any atom is 0.255 e. The van der Waals surface area contributed by atoms with Crippen molar-refractivity contribution in [3.8, 4) is 0 Å². The van der Waals surface area contributed by atoms with E-state index in [1.165, 1.54) is 12.4 Å². The van der Waals surface area contributed by atoms with Gasteiger partial charge in [0.1, 0.15) is 0 Å². The van der Waals surface area contributed by atoms with Crippen LogP contribution in [-0.2, 0) is 0 Å². The fourth-order valence-electron chi connectivity index (χ4n) is 2.19. The van der Waals surface area contributed by atoms with Gasteiger partial charge in [0.05, 0.1) is 11.1 Å². The molecule has 1 N–H and O–H groups in total. The van der Waals surface area contributed by atoms with Crippen molar-refractivity contribution in [3.63, 3.8) is 0 Å². The third-order valence-corrected chi connectivity index (χ3v) is 3.63. The van der Waals surface area contributed by atoms with Crippen molar-refractivity contribution in [3.05, 3.63) is 29.6 Å². The van der Waals surface area contributed by atoms with E-state index in [0.29, 0.717) is 11.1 Å². The fraction of sp³-hybridized carbons (Fsp3) is 0.533. The van der Waals surface area contributed by atoms with E-state index in [1.807, 2.05) is 18.7 Å². The molecule has 108 valence electrons. The van der Waals surface area contributed by atoms with Gasteiger partial charge in [-0.2, -0.15) is 0 Å². The van der Waals surface area contributed by atoms with Crippen molar-refractivity contribution < 1.29 is 9.59 Å². The van der Waals surface area contributed by atoms with Gasteiger partial charge >= 0.3 is 0 Å². The first-order valence-electron chi connectivity index (χ1n) is 7.17. The van der Waals surface area contributed by atoms with E-state index in [9.17, 15) is 9.59 Å². The highest BCUT2D eigenvalue weighted by atomic mass is 16.2. The van der Waals surface area contributed by atoms with Gasteiger partial charge in [-0.1, -0.05) is 6.92 Å². The zero-order valence-electron chi connectivity index (χ0n) is 12.1. The third kappa shape index (κ3) is 3.35. The average Bonchev–Trinajstić information content (AvgIpc) is 3.00. The molecule has 1 aromatic heterocycles. The van der Waals surface area contributed by atoms with E-state index in [4.69, 9.17) is 0 Å². The summed E-state index contributed by atoms with van der Waals surface area (Å²) in [5.41, 5.74) is 0.930. The number of amides is 2. The van der Waals surface area contributed by atoms with Crippen LogP contribution in [0, 0.1) is 0 Å². The van der Waals surface area contributed by atoms with Gasteiger partial charge in [0.25, 0.3) is 11.8 Å². The first-order chi connectivity index (χ1) is 9.61. The van der Waals surface area contributed by atoms with E-state index in [0.717, 1.165) is 32.4 Å². The summed E-state index contributed by atoms with van der Waals surface area (Å²) in [6.45, 7) is 5.55. The Hall–Kier alpha value is -1.91. The molecule has 2 heterocycles. The van der Waals surface area contributed by atoms with Gasteiger partial charge in [-0.15, -0.1) is 0 Å². The van der Waals surface area contributed by atoms with E-state index in [-0.39, 0.29) is 17.9 Å². The second-order valence-corrected chi connectivity index (χ2v) is 5.24. The van der Waals surface area contributed by atoms with E-state index in [1.54, 1.807) is 6.07 Å². The summed E-state index contributed by atoms with van der Waals surface area (Å²) >= 11 is 0. The van der Waals surface area contributed by atoms with Gasteiger partial charge in [-0.25, -0.2) is 0 Å². The number of pyridine rings is 1. The maximum atomic E-state index is 12.3. The topological polar surface area (TPSA) is 62.3 Å². The minimum absolute atomic E-state index is 0.0341. The highest BCUT2D eigenvalue weighted by molar-refractivity contribution is 5.99. The Kier molecular flexibility index (Phi) is 4.71. The Morgan fingerprint density at radius 3 is 2.60 bits per heavy atom. The Labute approximate surface area is 119 Å². The standard InChI is InChI=1S/C15H21N3O2/c1-3-11(2)17-14(19)12-8-13(10-16-9-12)15(20)18-6-4-5-7-18/h8-11H,3-7H2,1-2H3,(H,17,19). The number of aromatic nitrogens is 1. The number of hydrogen-bond donors (Lipinski definition) is 1. The molecule has 2 amide bonds. The first kappa shape index (κ1) is 14.5. The normalized spacial score (nSPS) is 16.0. The lowest BCUT2D eigenvalue weighted by molar-refractivity contribution is 0.0792. The van der Waals surface area contributed by atoms with Crippen LogP contribution >= 0.6 is 0 Å². The summed E-state index contributed by atoms with van der Waals surface area (Å²) in [5, 5.41) is 2.88. The SMILES string of the molecule is CCC(C)NC(=O)c1cncc(C(=O)N2CCCC2)c1. The Morgan fingerprint density at radius 2 is 1.95 bits per heavy atom. The predicted octanol–water partition coefficient (Wildman–Crippen LogP) is 1.85. The van der Waals surface area contributed by atoms with Crippen molar-refractivity contribution in [2.75, 3.05) is 13.1 Å². The van der Waals surface area contributed by atoms with Crippen LogP contribution < -0.4 is 5.32 Å². The lowest BCUT2D eigenvalue weighted by Crippen LogP contribution is -2.32. The molecular formula is C15H21N3O2. The van der Waals surface area contributed by atoms with Crippen molar-refractivity contribution in [1.82, 2.24) is 15.2 Å². The smallest absolute Gasteiger partial charge is 0.255 e. The molecule has 5 nitrogen and oxygen atoms in total. The monoisotopic (exact) mass is 275 g/mol. The quantitative estimate of drug-likeness (QED) is 0.912. The average molecular weight is 275 g/mol. The molecule has 0 radical (unpaired) electrons. The lowest BCUT2D eigenvalue weighted by Gasteiger charge is -2.15. The molecule has 0 aromatic carbocycles. The summed E-state index contributed by atoms with van der Waals surface area (Å²) < 4.78 is 0. The van der Waals surface area contributed by atoms with Crippen LogP contribution in [0.2, 0.25) is 0 Å². The van der Waals surface area contributed by atoms with Gasteiger partial charge in [-0.3, -0.25) is 14.6 Å². The number of nitrogens with zero attached hydrogens (tertiary/aromatic N) is 2. The van der Waals surface area contributed by atoms with Crippen LogP contribution in [-0.4, -0.2) is 40.8 Å². The van der Waals surface area contributed by atoms with Crippen molar-refractivity contribution in [2.24, 2.45) is 0 Å². The molecule has 5 heteroatoms. The minimum Gasteiger partial charge on any atom is -0.350 e. The van der Waals surface area contributed by atoms with Gasteiger partial charge in [-0.05, 0) is 32.3 Å². The molecule has 0 bridgehead atoms. The maximum absolute atomic E-state index is 12.3. The molecule has 1 unspecified atom stereocenters. The van der Waals surface area contributed by atoms with Crippen molar-refractivity contribution >= 4 is 11.8 Å². The lowest BCUT2D eigenvalue weighted by atomic mass is 10.1. The van der Waals surface area contributed by atoms with Crippen LogP contribution in [0.4, 0.5) is 0 Å². The summed E-state index contributed by atoms with van der Waals surface area (Å²) in [7, 11) is 0. The second kappa shape index (κ2) is 6.50. The number of hydrogen-bond acceptors (Lipinski definition) is 3. The summed E-state index contributed by atoms with van der Waals surface area (Å²) in [6, 6.07) is 1.74. The largest absolute Gasteiger partial charge is 0.350 e. The fourth-order valence-corrected chi connectivity index (χ4v) is 2.19. The summed E-state index contributed by atoms with van der Waals surface area (Å²) in [6.07, 6.45) is 5.99. The van der Waals surface area contributed by atoms with Crippen molar-refractivity contribution in [1.29, 1.82) is 0 Å². The third-order valence-electron chi connectivity index (χ3n) is 3.63. The summed E-state index contributed by atoms with van der Waals surface area (Å²) in [4.78, 5) is 30.1. The molecule has 2 rings (SSSR count). The summed E-state index contributed by atoms with van der Waals surface area (Å²) in [5.74, 6) is -0.212. The molecule has 1 aliphatic heterocycles. The molecule has 1 aliphatic rings. The Morgan fingerprint density at radius 1 is 1.30 bits per heavy atom. The molecule has 1 aromatic rings. The van der Waals surface area contributed by atoms with Gasteiger partial charge < -0.3 is 10.2 Å². The van der Waals surface area contributed by atoms with E-state index >= 15 is 0 Å². The number of nitrogens with one attached hydrogen (secondary N) is 1. The number of rotatable bonds is 4. The molecule has 0 aliphatic carbocycles. The van der Waals surface area contributed by atoms with Gasteiger partial charge in [0.15, 0.2) is 0 Å². The molecular weight excluding hydrogens is 254 g/mol. The Bertz CT molecular complexity index is 496. The van der Waals surface area contributed by atoms with E-state index in [2.05, 4.69) is 10.3 Å². The van der Waals surface area contributed by atoms with Crippen LogP contribution in [0.3, 0.4) is 0 Å². The molecule has 1 saturated heterocycles. The minimum atomic E-state index is -0.178. The highest BCUT2D eigenvalue weighted by Gasteiger charge is 2.20. The van der Waals surface area contributed by atoms with Crippen LogP contribution in [0.1, 0.15) is 53.8 Å². The van der Waals surface area contributed by atoms with Crippen LogP contribution in [0.5, 0.6) is 0 Å². The highest BCUT2D eigenvalue weighted by Crippen LogP contribution is 2.13. The Balaban J connectivity index is 2.11. The predicted molar refractivity (Wildman–Crippen MR) is 76.6 cm³/mol. The van der Waals surface area contributed by atoms with Crippen LogP contribution in [0.15, 0.2) is 18.5 Å². The zero-order chi connectivity index (χ0) is 14.5. The molecule has 1 atom stereocenters. The van der Waals surface area contributed by atoms with E-state index < -0.39 is 0 Å². The van der Waals surface area contributed by atoms with Crippen molar-refractivity contribution in [2.45, 2.75) is 39.2 Å². The van der Waals surface area contributed by atoms with Gasteiger partial charge in [0.2, 0.25) is 0 Å².